The Hall–Kier alpha value is -2.20. The van der Waals surface area contributed by atoms with Crippen molar-refractivity contribution in [2.75, 3.05) is 18.2 Å². The van der Waals surface area contributed by atoms with Gasteiger partial charge in [-0.1, -0.05) is 12.1 Å². The van der Waals surface area contributed by atoms with Crippen molar-refractivity contribution in [3.05, 3.63) is 58.8 Å². The number of carbonyl (C=O) groups excluding carboxylic acids is 1. The molecule has 1 aromatic rings. The summed E-state index contributed by atoms with van der Waals surface area (Å²) in [4.78, 5) is 21.4. The van der Waals surface area contributed by atoms with Gasteiger partial charge in [-0.05, 0) is 54.2 Å². The maximum absolute atomic E-state index is 12.7. The van der Waals surface area contributed by atoms with Crippen LogP contribution in [0.1, 0.15) is 24.8 Å². The average molecular weight is 340 g/mol. The van der Waals surface area contributed by atoms with E-state index in [1.165, 1.54) is 11.1 Å². The molecule has 1 atom stereocenters. The van der Waals surface area contributed by atoms with E-state index < -0.39 is 5.41 Å². The Morgan fingerprint density at radius 1 is 1.38 bits per heavy atom. The second-order valence-electron chi connectivity index (χ2n) is 6.37. The molecule has 0 aromatic carbocycles. The third-order valence-corrected chi connectivity index (χ3v) is 5.26. The summed E-state index contributed by atoms with van der Waals surface area (Å²) in [5.41, 5.74) is 4.95. The first-order valence-electron chi connectivity index (χ1n) is 8.10. The topological polar surface area (TPSA) is 54.4 Å². The van der Waals surface area contributed by atoms with Crippen LogP contribution in [0.3, 0.4) is 0 Å². The van der Waals surface area contributed by atoms with Gasteiger partial charge in [-0.3, -0.25) is 9.79 Å². The summed E-state index contributed by atoms with van der Waals surface area (Å²) >= 11 is 5.82. The Morgan fingerprint density at radius 3 is 2.92 bits per heavy atom. The number of rotatable bonds is 2. The first-order chi connectivity index (χ1) is 11.7. The van der Waals surface area contributed by atoms with Crippen LogP contribution in [0, 0.1) is 0 Å². The van der Waals surface area contributed by atoms with Gasteiger partial charge >= 0.3 is 0 Å². The molecule has 0 saturated heterocycles. The zero-order valence-electron chi connectivity index (χ0n) is 13.5. The molecule has 4 nitrogen and oxygen atoms in total. The molecule has 122 valence electrons. The lowest BCUT2D eigenvalue weighted by atomic mass is 9.80. The second-order valence-corrected chi connectivity index (χ2v) is 6.75. The number of anilines is 1. The Balaban J connectivity index is 1.78. The van der Waals surface area contributed by atoms with Gasteiger partial charge in [0.15, 0.2) is 0 Å². The van der Waals surface area contributed by atoms with Crippen LogP contribution >= 0.6 is 11.6 Å². The van der Waals surface area contributed by atoms with Gasteiger partial charge in [0.2, 0.25) is 5.91 Å². The fraction of sp³-hybridized carbons (Fsp3) is 0.316. The predicted molar refractivity (Wildman–Crippen MR) is 96.7 cm³/mol. The molecule has 1 saturated carbocycles. The summed E-state index contributed by atoms with van der Waals surface area (Å²) in [6, 6.07) is 3.91. The van der Waals surface area contributed by atoms with Crippen molar-refractivity contribution >= 4 is 29.0 Å². The van der Waals surface area contributed by atoms with E-state index in [1.807, 2.05) is 12.1 Å². The third-order valence-electron chi connectivity index (χ3n) is 5.04. The number of nitrogens with zero attached hydrogens (tertiary/aromatic N) is 2. The number of allylic oxidation sites excluding steroid dienone is 6. The molecule has 4 rings (SSSR count). The van der Waals surface area contributed by atoms with Crippen molar-refractivity contribution in [2.24, 2.45) is 4.99 Å². The van der Waals surface area contributed by atoms with E-state index in [9.17, 15) is 4.79 Å². The molecule has 1 unspecified atom stereocenters. The highest BCUT2D eigenvalue weighted by Crippen LogP contribution is 2.53. The van der Waals surface area contributed by atoms with Crippen LogP contribution in [0.25, 0.3) is 0 Å². The zero-order chi connectivity index (χ0) is 16.7. The Bertz CT molecular complexity index is 850. The van der Waals surface area contributed by atoms with E-state index >= 15 is 0 Å². The van der Waals surface area contributed by atoms with Crippen LogP contribution in [-0.4, -0.2) is 29.5 Å². The molecule has 1 aliphatic heterocycles. The molecular formula is C19H18ClN3O. The molecule has 24 heavy (non-hydrogen) atoms. The third kappa shape index (κ3) is 2.17. The standard InChI is InChI=1S/C19H18ClN3O/c1-21-16-9-14-11-19(10-13(14)8-12(16)4-2-6-20)15-5-3-7-22-17(15)23-18(19)24/h3-5,7-9H,2,6,10-11H2,1H3,(H,22,23,24)/b12-4-,21-16?. The van der Waals surface area contributed by atoms with Gasteiger partial charge in [0.1, 0.15) is 5.82 Å². The Labute approximate surface area is 146 Å². The Morgan fingerprint density at radius 2 is 2.17 bits per heavy atom. The normalized spacial score (nSPS) is 28.0. The van der Waals surface area contributed by atoms with E-state index in [4.69, 9.17) is 11.6 Å². The summed E-state index contributed by atoms with van der Waals surface area (Å²) in [7, 11) is 1.80. The van der Waals surface area contributed by atoms with Gasteiger partial charge in [0.05, 0.1) is 11.1 Å². The van der Waals surface area contributed by atoms with Crippen LogP contribution < -0.4 is 5.32 Å². The first-order valence-corrected chi connectivity index (χ1v) is 8.63. The fourth-order valence-electron chi connectivity index (χ4n) is 3.90. The summed E-state index contributed by atoms with van der Waals surface area (Å²) in [5.74, 6) is 1.34. The summed E-state index contributed by atoms with van der Waals surface area (Å²) < 4.78 is 0. The molecule has 5 heteroatoms. The van der Waals surface area contributed by atoms with Crippen LogP contribution in [0.2, 0.25) is 0 Å². The predicted octanol–water partition coefficient (Wildman–Crippen LogP) is 3.56. The minimum absolute atomic E-state index is 0.0497. The lowest BCUT2D eigenvalue weighted by molar-refractivity contribution is -0.120. The van der Waals surface area contributed by atoms with Crippen LogP contribution in [0.5, 0.6) is 0 Å². The number of carbonyl (C=O) groups is 1. The highest BCUT2D eigenvalue weighted by molar-refractivity contribution is 6.18. The number of hydrogen-bond donors (Lipinski definition) is 1. The Kier molecular flexibility index (Phi) is 3.65. The minimum atomic E-state index is -0.526. The molecule has 1 N–H and O–H groups in total. The minimum Gasteiger partial charge on any atom is -0.310 e. The monoisotopic (exact) mass is 339 g/mol. The number of nitrogens with one attached hydrogen (secondary N) is 1. The van der Waals surface area contributed by atoms with Crippen molar-refractivity contribution in [2.45, 2.75) is 24.7 Å². The molecule has 1 amide bonds. The molecule has 1 aromatic heterocycles. The van der Waals surface area contributed by atoms with Gasteiger partial charge < -0.3 is 5.32 Å². The summed E-state index contributed by atoms with van der Waals surface area (Å²) in [6.07, 6.45) is 10.3. The maximum atomic E-state index is 12.7. The van der Waals surface area contributed by atoms with Crippen molar-refractivity contribution in [1.82, 2.24) is 4.98 Å². The van der Waals surface area contributed by atoms with E-state index in [0.717, 1.165) is 23.3 Å². The molecule has 0 bridgehead atoms. The van der Waals surface area contributed by atoms with Crippen molar-refractivity contribution < 1.29 is 4.79 Å². The number of amides is 1. The number of aromatic nitrogens is 1. The van der Waals surface area contributed by atoms with Gasteiger partial charge in [-0.15, -0.1) is 11.6 Å². The van der Waals surface area contributed by atoms with E-state index in [-0.39, 0.29) is 5.91 Å². The molecule has 1 spiro atoms. The number of alkyl halides is 1. The summed E-state index contributed by atoms with van der Waals surface area (Å²) in [5, 5.41) is 2.94. The second kappa shape index (κ2) is 5.71. The average Bonchev–Trinajstić information content (AvgIpc) is 3.10. The number of pyridine rings is 1. The van der Waals surface area contributed by atoms with Gasteiger partial charge in [-0.25, -0.2) is 4.98 Å². The molecule has 0 radical (unpaired) electrons. The van der Waals surface area contributed by atoms with Crippen LogP contribution in [-0.2, 0) is 10.2 Å². The van der Waals surface area contributed by atoms with Gasteiger partial charge in [0, 0.05) is 24.7 Å². The number of fused-ring (bicyclic) bond motifs is 3. The van der Waals surface area contributed by atoms with Crippen molar-refractivity contribution in [1.29, 1.82) is 0 Å². The molecule has 3 aliphatic rings. The number of halogens is 1. The SMILES string of the molecule is CN=C1C=C2CC3(CC2=C/C1=C/CCCl)C(=O)Nc1ncccc13. The number of hydrogen-bond acceptors (Lipinski definition) is 3. The molecular weight excluding hydrogens is 322 g/mol. The lowest BCUT2D eigenvalue weighted by Crippen LogP contribution is -2.31. The molecule has 1 fully saturated rings. The lowest BCUT2D eigenvalue weighted by Gasteiger charge is -2.19. The quantitative estimate of drug-likeness (QED) is 0.838. The highest BCUT2D eigenvalue weighted by Gasteiger charge is 2.52. The van der Waals surface area contributed by atoms with E-state index in [2.05, 4.69) is 33.5 Å². The molecule has 2 heterocycles. The van der Waals surface area contributed by atoms with Gasteiger partial charge in [-0.2, -0.15) is 0 Å². The van der Waals surface area contributed by atoms with Gasteiger partial charge in [0.25, 0.3) is 0 Å². The summed E-state index contributed by atoms with van der Waals surface area (Å²) in [6.45, 7) is 0. The fourth-order valence-corrected chi connectivity index (χ4v) is 4.01. The van der Waals surface area contributed by atoms with E-state index in [0.29, 0.717) is 24.5 Å². The van der Waals surface area contributed by atoms with Crippen molar-refractivity contribution in [3.8, 4) is 0 Å². The maximum Gasteiger partial charge on any atom is 0.237 e. The highest BCUT2D eigenvalue weighted by atomic mass is 35.5. The van der Waals surface area contributed by atoms with E-state index in [1.54, 1.807) is 13.2 Å². The molecule has 2 aliphatic carbocycles. The van der Waals surface area contributed by atoms with Crippen molar-refractivity contribution in [3.63, 3.8) is 0 Å². The first kappa shape index (κ1) is 15.3. The van der Waals surface area contributed by atoms with Crippen LogP contribution in [0.4, 0.5) is 5.82 Å². The smallest absolute Gasteiger partial charge is 0.237 e. The largest absolute Gasteiger partial charge is 0.310 e. The number of aliphatic imine (C=N–C) groups is 1. The zero-order valence-corrected chi connectivity index (χ0v) is 14.2. The van der Waals surface area contributed by atoms with Crippen LogP contribution in [0.15, 0.2) is 58.3 Å².